The molecule has 3 rings (SSSR count). The van der Waals surface area contributed by atoms with Crippen LogP contribution in [0.5, 0.6) is 5.75 Å². The van der Waals surface area contributed by atoms with Crippen LogP contribution in [0.3, 0.4) is 0 Å². The van der Waals surface area contributed by atoms with Crippen LogP contribution in [0.25, 0.3) is 0 Å². The molecule has 1 aromatic carbocycles. The van der Waals surface area contributed by atoms with Crippen LogP contribution in [0.1, 0.15) is 11.1 Å². The Bertz CT molecular complexity index is 699. The van der Waals surface area contributed by atoms with Gasteiger partial charge in [0.05, 0.1) is 12.1 Å². The molecule has 0 radical (unpaired) electrons. The monoisotopic (exact) mass is 286 g/mol. The van der Waals surface area contributed by atoms with E-state index in [2.05, 4.69) is 0 Å². The Balaban J connectivity index is 1.83. The van der Waals surface area contributed by atoms with E-state index in [-0.39, 0.29) is 16.7 Å². The predicted molar refractivity (Wildman–Crippen MR) is 81.2 cm³/mol. The molecule has 1 aliphatic heterocycles. The number of aromatic nitrogens is 1. The van der Waals surface area contributed by atoms with Crippen LogP contribution in [0.4, 0.5) is 0 Å². The number of thiocarbonyl (C=S) groups is 1. The first-order chi connectivity index (χ1) is 9.65. The third-order valence-electron chi connectivity index (χ3n) is 3.40. The average Bonchev–Trinajstić information content (AvgIpc) is 2.83. The largest absolute Gasteiger partial charge is 0.488 e. The third-order valence-corrected chi connectivity index (χ3v) is 3.62. The van der Waals surface area contributed by atoms with E-state index in [1.54, 1.807) is 22.9 Å². The summed E-state index contributed by atoms with van der Waals surface area (Å²) in [4.78, 5) is 12.3. The van der Waals surface area contributed by atoms with E-state index in [0.29, 0.717) is 12.1 Å². The van der Waals surface area contributed by atoms with Crippen molar-refractivity contribution in [2.45, 2.75) is 19.1 Å². The fraction of sp³-hybridized carbons (Fsp3) is 0.200. The van der Waals surface area contributed by atoms with Crippen molar-refractivity contribution in [2.24, 2.45) is 5.73 Å². The van der Waals surface area contributed by atoms with Crippen LogP contribution >= 0.6 is 12.2 Å². The fourth-order valence-corrected chi connectivity index (χ4v) is 2.60. The summed E-state index contributed by atoms with van der Waals surface area (Å²) in [5.41, 5.74) is 6.93. The smallest absolute Gasteiger partial charge is 0.260 e. The maximum atomic E-state index is 12.2. The van der Waals surface area contributed by atoms with Gasteiger partial charge in [0.15, 0.2) is 0 Å². The zero-order chi connectivity index (χ0) is 14.1. The molecule has 0 spiro atoms. The lowest BCUT2D eigenvalue weighted by Crippen LogP contribution is -2.33. The van der Waals surface area contributed by atoms with E-state index >= 15 is 0 Å². The Hall–Kier alpha value is -2.14. The first-order valence-corrected chi connectivity index (χ1v) is 6.80. The highest BCUT2D eigenvalue weighted by atomic mass is 32.1. The highest BCUT2D eigenvalue weighted by Crippen LogP contribution is 2.28. The normalized spacial score (nSPS) is 16.5. The van der Waals surface area contributed by atoms with E-state index in [4.69, 9.17) is 22.7 Å². The predicted octanol–water partition coefficient (Wildman–Crippen LogP) is 1.49. The second kappa shape index (κ2) is 5.09. The maximum Gasteiger partial charge on any atom is 0.260 e. The van der Waals surface area contributed by atoms with Gasteiger partial charge in [0.2, 0.25) is 0 Å². The van der Waals surface area contributed by atoms with Crippen molar-refractivity contribution in [3.63, 3.8) is 0 Å². The van der Waals surface area contributed by atoms with Crippen molar-refractivity contribution >= 4 is 17.2 Å². The van der Waals surface area contributed by atoms with Crippen LogP contribution in [0.2, 0.25) is 0 Å². The van der Waals surface area contributed by atoms with Gasteiger partial charge in [0.25, 0.3) is 5.56 Å². The summed E-state index contributed by atoms with van der Waals surface area (Å²) in [5, 5.41) is 0. The number of nitrogens with two attached hydrogens (primary N) is 1. The number of hydrogen-bond acceptors (Lipinski definition) is 3. The number of ether oxygens (including phenoxy) is 1. The van der Waals surface area contributed by atoms with E-state index in [1.165, 1.54) is 5.56 Å². The van der Waals surface area contributed by atoms with Gasteiger partial charge >= 0.3 is 0 Å². The number of rotatable bonds is 3. The van der Waals surface area contributed by atoms with Gasteiger partial charge in [0, 0.05) is 12.6 Å². The number of fused-ring (bicyclic) bond motifs is 1. The third kappa shape index (κ3) is 2.32. The molecule has 5 heteroatoms. The van der Waals surface area contributed by atoms with Crippen LogP contribution in [-0.2, 0) is 13.0 Å². The molecule has 0 fully saturated rings. The van der Waals surface area contributed by atoms with E-state index in [1.807, 2.05) is 24.3 Å². The molecule has 1 unspecified atom stereocenters. The minimum Gasteiger partial charge on any atom is -0.488 e. The Labute approximate surface area is 121 Å². The molecular formula is C15H14N2O2S. The number of para-hydroxylation sites is 1. The highest BCUT2D eigenvalue weighted by Gasteiger charge is 2.23. The summed E-state index contributed by atoms with van der Waals surface area (Å²) in [5.74, 6) is 0.899. The molecule has 0 amide bonds. The summed E-state index contributed by atoms with van der Waals surface area (Å²) in [7, 11) is 0. The number of nitrogens with zero attached hydrogens (tertiary/aromatic N) is 1. The molecule has 102 valence electrons. The van der Waals surface area contributed by atoms with Crippen molar-refractivity contribution < 1.29 is 4.74 Å². The number of benzene rings is 1. The molecule has 0 saturated carbocycles. The summed E-state index contributed by atoms with van der Waals surface area (Å²) in [6.45, 7) is 0.490. The van der Waals surface area contributed by atoms with Gasteiger partial charge < -0.3 is 15.0 Å². The van der Waals surface area contributed by atoms with Crippen LogP contribution in [-0.4, -0.2) is 15.7 Å². The molecule has 1 aromatic heterocycles. The molecule has 20 heavy (non-hydrogen) atoms. The van der Waals surface area contributed by atoms with Crippen molar-refractivity contribution in [3.05, 3.63) is 64.1 Å². The second-order valence-electron chi connectivity index (χ2n) is 4.80. The molecule has 2 aromatic rings. The van der Waals surface area contributed by atoms with Gasteiger partial charge in [0.1, 0.15) is 16.8 Å². The topological polar surface area (TPSA) is 57.2 Å². The lowest BCUT2D eigenvalue weighted by atomic mass is 10.1. The summed E-state index contributed by atoms with van der Waals surface area (Å²) >= 11 is 4.88. The average molecular weight is 286 g/mol. The summed E-state index contributed by atoms with van der Waals surface area (Å²) < 4.78 is 7.44. The van der Waals surface area contributed by atoms with Crippen LogP contribution < -0.4 is 16.0 Å². The van der Waals surface area contributed by atoms with Crippen LogP contribution in [0, 0.1) is 0 Å². The van der Waals surface area contributed by atoms with Crippen molar-refractivity contribution in [1.82, 2.24) is 4.57 Å². The van der Waals surface area contributed by atoms with Gasteiger partial charge in [-0.3, -0.25) is 4.79 Å². The van der Waals surface area contributed by atoms with Gasteiger partial charge in [-0.05, 0) is 23.8 Å². The Morgan fingerprint density at radius 3 is 2.90 bits per heavy atom. The molecule has 1 aliphatic rings. The molecule has 0 saturated heterocycles. The van der Waals surface area contributed by atoms with Gasteiger partial charge in [-0.25, -0.2) is 0 Å². The van der Waals surface area contributed by atoms with Crippen molar-refractivity contribution in [2.75, 3.05) is 0 Å². The standard InChI is InChI=1S/C15H14N2O2S/c16-14(20)12-5-3-7-17(15(12)18)9-11-8-10-4-1-2-6-13(10)19-11/h1-7,11H,8-9H2,(H2,16,20). The first-order valence-electron chi connectivity index (χ1n) is 6.39. The van der Waals surface area contributed by atoms with Crippen LogP contribution in [0.15, 0.2) is 47.4 Å². The Morgan fingerprint density at radius 1 is 1.35 bits per heavy atom. The zero-order valence-corrected chi connectivity index (χ0v) is 11.6. The van der Waals surface area contributed by atoms with Crippen molar-refractivity contribution in [3.8, 4) is 5.75 Å². The summed E-state index contributed by atoms with van der Waals surface area (Å²) in [6, 6.07) is 11.3. The molecule has 4 nitrogen and oxygen atoms in total. The molecular weight excluding hydrogens is 272 g/mol. The molecule has 1 atom stereocenters. The number of pyridine rings is 1. The minimum atomic E-state index is -0.167. The highest BCUT2D eigenvalue weighted by molar-refractivity contribution is 7.80. The Morgan fingerprint density at radius 2 is 2.15 bits per heavy atom. The Kier molecular flexibility index (Phi) is 3.28. The van der Waals surface area contributed by atoms with Gasteiger partial charge in [-0.1, -0.05) is 30.4 Å². The van der Waals surface area contributed by atoms with E-state index in [9.17, 15) is 4.79 Å². The maximum absolute atomic E-state index is 12.2. The zero-order valence-electron chi connectivity index (χ0n) is 10.8. The first kappa shape index (κ1) is 12.9. The molecule has 2 heterocycles. The second-order valence-corrected chi connectivity index (χ2v) is 5.24. The molecule has 0 bridgehead atoms. The number of hydrogen-bond donors (Lipinski definition) is 1. The van der Waals surface area contributed by atoms with E-state index < -0.39 is 0 Å². The van der Waals surface area contributed by atoms with E-state index in [0.717, 1.165) is 12.2 Å². The summed E-state index contributed by atoms with van der Waals surface area (Å²) in [6.07, 6.45) is 2.50. The molecule has 0 aliphatic carbocycles. The fourth-order valence-electron chi connectivity index (χ4n) is 2.44. The van der Waals surface area contributed by atoms with Gasteiger partial charge in [-0.2, -0.15) is 0 Å². The lowest BCUT2D eigenvalue weighted by Gasteiger charge is -2.13. The lowest BCUT2D eigenvalue weighted by molar-refractivity contribution is 0.207. The SMILES string of the molecule is NC(=S)c1cccn(CC2Cc3ccccc3O2)c1=O. The minimum absolute atomic E-state index is 0.0355. The van der Waals surface area contributed by atoms with Crippen molar-refractivity contribution in [1.29, 1.82) is 0 Å². The molecule has 2 N–H and O–H groups in total. The van der Waals surface area contributed by atoms with Gasteiger partial charge in [-0.15, -0.1) is 0 Å². The quantitative estimate of drug-likeness (QED) is 0.869.